The predicted octanol–water partition coefficient (Wildman–Crippen LogP) is 2.22. The minimum absolute atomic E-state index is 0.122. The summed E-state index contributed by atoms with van der Waals surface area (Å²) < 4.78 is 0. The largest absolute Gasteiger partial charge is 0.349 e. The van der Waals surface area contributed by atoms with Gasteiger partial charge in [0.2, 0.25) is 0 Å². The number of H-pyrrole nitrogens is 1. The highest BCUT2D eigenvalue weighted by molar-refractivity contribution is 7.09. The molecule has 3 heterocycles. The van der Waals surface area contributed by atoms with Crippen molar-refractivity contribution in [2.24, 2.45) is 0 Å². The van der Waals surface area contributed by atoms with Gasteiger partial charge in [-0.25, -0.2) is 9.97 Å². The van der Waals surface area contributed by atoms with Crippen molar-refractivity contribution in [1.29, 1.82) is 0 Å². The van der Waals surface area contributed by atoms with Crippen molar-refractivity contribution in [2.75, 3.05) is 31.1 Å². The van der Waals surface area contributed by atoms with E-state index >= 15 is 0 Å². The maximum absolute atomic E-state index is 11.8. The molecule has 4 rings (SSSR count). The molecule has 0 unspecified atom stereocenters. The van der Waals surface area contributed by atoms with Gasteiger partial charge in [0.1, 0.15) is 5.01 Å². The van der Waals surface area contributed by atoms with Crippen LogP contribution in [-0.2, 0) is 6.54 Å². The Morgan fingerprint density at radius 1 is 1.12 bits per heavy atom. The topological polar surface area (TPSA) is 65.1 Å². The number of hydrogen-bond acceptors (Lipinski definition) is 6. The molecule has 128 valence electrons. The number of anilines is 1. The number of rotatable bonds is 4. The van der Waals surface area contributed by atoms with Gasteiger partial charge in [-0.1, -0.05) is 30.3 Å². The van der Waals surface area contributed by atoms with E-state index < -0.39 is 0 Å². The van der Waals surface area contributed by atoms with Crippen LogP contribution < -0.4 is 10.5 Å². The standard InChI is InChI=1S/C18H19N5OS/c24-18-17(19-6-7-20-18)23-10-8-22(9-11-23)12-16-21-15(13-25-16)14-4-2-1-3-5-14/h1-7,13H,8-12H2,(H,20,24). The van der Waals surface area contributed by atoms with Crippen LogP contribution in [0.4, 0.5) is 5.82 Å². The fourth-order valence-electron chi connectivity index (χ4n) is 3.00. The molecule has 0 spiro atoms. The van der Waals surface area contributed by atoms with Crippen LogP contribution in [0.2, 0.25) is 0 Å². The third kappa shape index (κ3) is 3.62. The van der Waals surface area contributed by atoms with Gasteiger partial charge < -0.3 is 9.88 Å². The Labute approximate surface area is 149 Å². The van der Waals surface area contributed by atoms with Gasteiger partial charge in [0.15, 0.2) is 5.82 Å². The molecule has 1 fully saturated rings. The van der Waals surface area contributed by atoms with Crippen molar-refractivity contribution in [3.05, 3.63) is 63.5 Å². The van der Waals surface area contributed by atoms with Crippen molar-refractivity contribution in [3.63, 3.8) is 0 Å². The SMILES string of the molecule is O=c1[nH]ccnc1N1CCN(Cc2nc(-c3ccccc3)cs2)CC1. The Kier molecular flexibility index (Phi) is 4.58. The Bertz CT molecular complexity index is 883. The molecule has 0 amide bonds. The van der Waals surface area contributed by atoms with E-state index in [9.17, 15) is 4.79 Å². The Morgan fingerprint density at radius 2 is 1.92 bits per heavy atom. The van der Waals surface area contributed by atoms with Gasteiger partial charge in [-0.05, 0) is 0 Å². The second-order valence-corrected chi connectivity index (χ2v) is 6.94. The normalized spacial score (nSPS) is 15.4. The van der Waals surface area contributed by atoms with E-state index in [0.29, 0.717) is 5.82 Å². The fraction of sp³-hybridized carbons (Fsp3) is 0.278. The van der Waals surface area contributed by atoms with Gasteiger partial charge in [0, 0.05) is 49.5 Å². The molecule has 25 heavy (non-hydrogen) atoms. The maximum atomic E-state index is 11.8. The average molecular weight is 353 g/mol. The minimum atomic E-state index is -0.122. The summed E-state index contributed by atoms with van der Waals surface area (Å²) in [6.45, 7) is 4.25. The first-order valence-electron chi connectivity index (χ1n) is 8.30. The van der Waals surface area contributed by atoms with Crippen molar-refractivity contribution < 1.29 is 0 Å². The molecule has 1 aliphatic heterocycles. The fourth-order valence-corrected chi connectivity index (χ4v) is 3.85. The second-order valence-electron chi connectivity index (χ2n) is 6.00. The molecule has 2 aromatic heterocycles. The average Bonchev–Trinajstić information content (AvgIpc) is 3.12. The third-order valence-electron chi connectivity index (χ3n) is 4.34. The van der Waals surface area contributed by atoms with Crippen LogP contribution in [0.15, 0.2) is 52.9 Å². The molecule has 0 radical (unpaired) electrons. The van der Waals surface area contributed by atoms with Gasteiger partial charge in [-0.2, -0.15) is 0 Å². The first-order chi connectivity index (χ1) is 12.3. The molecule has 1 aliphatic rings. The summed E-state index contributed by atoms with van der Waals surface area (Å²) in [5.74, 6) is 0.516. The van der Waals surface area contributed by atoms with Gasteiger partial charge >= 0.3 is 0 Å². The van der Waals surface area contributed by atoms with E-state index in [1.165, 1.54) is 0 Å². The molecule has 1 aromatic carbocycles. The highest BCUT2D eigenvalue weighted by Gasteiger charge is 2.20. The van der Waals surface area contributed by atoms with Gasteiger partial charge in [0.25, 0.3) is 5.56 Å². The minimum Gasteiger partial charge on any atom is -0.349 e. The van der Waals surface area contributed by atoms with E-state index in [4.69, 9.17) is 4.98 Å². The van der Waals surface area contributed by atoms with Crippen LogP contribution in [0.5, 0.6) is 0 Å². The van der Waals surface area contributed by atoms with Crippen LogP contribution in [0, 0.1) is 0 Å². The van der Waals surface area contributed by atoms with Gasteiger partial charge in [-0.3, -0.25) is 9.69 Å². The molecule has 0 saturated carbocycles. The molecule has 0 atom stereocenters. The third-order valence-corrected chi connectivity index (χ3v) is 5.17. The lowest BCUT2D eigenvalue weighted by molar-refractivity contribution is 0.249. The van der Waals surface area contributed by atoms with Crippen molar-refractivity contribution >= 4 is 17.2 Å². The summed E-state index contributed by atoms with van der Waals surface area (Å²) in [5, 5.41) is 3.25. The number of benzene rings is 1. The Balaban J connectivity index is 1.37. The summed E-state index contributed by atoms with van der Waals surface area (Å²) in [6, 6.07) is 10.3. The van der Waals surface area contributed by atoms with Crippen LogP contribution in [0.3, 0.4) is 0 Å². The molecule has 3 aromatic rings. The zero-order valence-electron chi connectivity index (χ0n) is 13.8. The van der Waals surface area contributed by atoms with E-state index in [1.54, 1.807) is 23.7 Å². The number of aromatic nitrogens is 3. The highest BCUT2D eigenvalue weighted by Crippen LogP contribution is 2.22. The first-order valence-corrected chi connectivity index (χ1v) is 9.18. The monoisotopic (exact) mass is 353 g/mol. The van der Waals surface area contributed by atoms with Gasteiger partial charge in [-0.15, -0.1) is 11.3 Å². The number of thiazole rings is 1. The predicted molar refractivity (Wildman–Crippen MR) is 99.9 cm³/mol. The summed E-state index contributed by atoms with van der Waals surface area (Å²) in [6.07, 6.45) is 3.19. The smallest absolute Gasteiger partial charge is 0.290 e. The Morgan fingerprint density at radius 3 is 2.68 bits per heavy atom. The number of aromatic amines is 1. The molecule has 0 aliphatic carbocycles. The van der Waals surface area contributed by atoms with Crippen LogP contribution >= 0.6 is 11.3 Å². The first kappa shape index (κ1) is 16.0. The molecule has 7 heteroatoms. The van der Waals surface area contributed by atoms with Crippen molar-refractivity contribution in [1.82, 2.24) is 19.9 Å². The summed E-state index contributed by atoms with van der Waals surface area (Å²) in [5.41, 5.74) is 2.08. The van der Waals surface area contributed by atoms with E-state index in [1.807, 2.05) is 23.1 Å². The molecule has 6 nitrogen and oxygen atoms in total. The zero-order chi connectivity index (χ0) is 17.1. The second kappa shape index (κ2) is 7.16. The highest BCUT2D eigenvalue weighted by atomic mass is 32.1. The number of hydrogen-bond donors (Lipinski definition) is 1. The Hall–Kier alpha value is -2.51. The summed E-state index contributed by atoms with van der Waals surface area (Å²) in [7, 11) is 0. The number of piperazine rings is 1. The summed E-state index contributed by atoms with van der Waals surface area (Å²) >= 11 is 1.70. The van der Waals surface area contributed by atoms with Crippen LogP contribution in [0.1, 0.15) is 5.01 Å². The van der Waals surface area contributed by atoms with Crippen LogP contribution in [-0.4, -0.2) is 46.0 Å². The quantitative estimate of drug-likeness (QED) is 0.779. The number of nitrogens with one attached hydrogen (secondary N) is 1. The van der Waals surface area contributed by atoms with Crippen molar-refractivity contribution in [3.8, 4) is 11.3 Å². The lowest BCUT2D eigenvalue weighted by Gasteiger charge is -2.34. The zero-order valence-corrected chi connectivity index (χ0v) is 14.6. The molecular weight excluding hydrogens is 334 g/mol. The van der Waals surface area contributed by atoms with Crippen molar-refractivity contribution in [2.45, 2.75) is 6.54 Å². The summed E-state index contributed by atoms with van der Waals surface area (Å²) in [4.78, 5) is 27.9. The van der Waals surface area contributed by atoms with Crippen LogP contribution in [0.25, 0.3) is 11.3 Å². The molecule has 1 saturated heterocycles. The molecule has 0 bridgehead atoms. The maximum Gasteiger partial charge on any atom is 0.290 e. The van der Waals surface area contributed by atoms with E-state index in [2.05, 4.69) is 32.4 Å². The lowest BCUT2D eigenvalue weighted by Crippen LogP contribution is -2.47. The lowest BCUT2D eigenvalue weighted by atomic mass is 10.2. The molecular formula is C18H19N5OS. The molecule has 1 N–H and O–H groups in total. The van der Waals surface area contributed by atoms with Gasteiger partial charge in [0.05, 0.1) is 12.2 Å². The van der Waals surface area contributed by atoms with E-state index in [0.717, 1.165) is 49.0 Å². The number of nitrogens with zero attached hydrogens (tertiary/aromatic N) is 4. The van der Waals surface area contributed by atoms with E-state index in [-0.39, 0.29) is 5.56 Å².